The zero-order valence-corrected chi connectivity index (χ0v) is 21.6. The van der Waals surface area contributed by atoms with Crippen LogP contribution < -0.4 is 5.32 Å². The first-order valence-corrected chi connectivity index (χ1v) is 12.5. The number of rotatable bonds is 9. The lowest BCUT2D eigenvalue weighted by Crippen LogP contribution is -2.15. The van der Waals surface area contributed by atoms with Crippen LogP contribution in [0.25, 0.3) is 23.2 Å². The molecule has 5 nitrogen and oxygen atoms in total. The molecule has 0 aliphatic heterocycles. The molecule has 1 heterocycles. The van der Waals surface area contributed by atoms with E-state index in [0.29, 0.717) is 23.2 Å². The number of hydrogen-bond donors (Lipinski definition) is 1. The zero-order chi connectivity index (χ0) is 25.5. The Bertz CT molecular complexity index is 1370. The summed E-state index contributed by atoms with van der Waals surface area (Å²) < 4.78 is 1.77. The summed E-state index contributed by atoms with van der Waals surface area (Å²) in [6.45, 7) is 6.34. The number of thiocarbonyl (C=S) groups is 1. The van der Waals surface area contributed by atoms with Crippen molar-refractivity contribution in [2.75, 3.05) is 5.32 Å². The van der Waals surface area contributed by atoms with Gasteiger partial charge >= 0.3 is 0 Å². The Labute approximate surface area is 217 Å². The maximum absolute atomic E-state index is 12.4. The number of Topliss-reactive ketones (excluding diaryl/α,β-unsaturated/α-hetero) is 1. The van der Waals surface area contributed by atoms with Crippen molar-refractivity contribution in [1.82, 2.24) is 14.8 Å². The second-order valence-electron chi connectivity index (χ2n) is 9.08. The molecule has 0 saturated carbocycles. The summed E-state index contributed by atoms with van der Waals surface area (Å²) in [4.78, 5) is 17.4. The predicted molar refractivity (Wildman–Crippen MR) is 152 cm³/mol. The highest BCUT2D eigenvalue weighted by molar-refractivity contribution is 7.80. The molecule has 0 aliphatic carbocycles. The van der Waals surface area contributed by atoms with Gasteiger partial charge in [-0.15, -0.1) is 5.10 Å². The number of carbonyl (C=O) groups is 1. The summed E-state index contributed by atoms with van der Waals surface area (Å²) in [7, 11) is 0. The zero-order valence-electron chi connectivity index (χ0n) is 20.8. The quantitative estimate of drug-likeness (QED) is 0.250. The van der Waals surface area contributed by atoms with E-state index >= 15 is 0 Å². The predicted octanol–water partition coefficient (Wildman–Crippen LogP) is 7.17. The second kappa shape index (κ2) is 11.7. The van der Waals surface area contributed by atoms with Gasteiger partial charge in [-0.25, -0.2) is 9.67 Å². The fraction of sp³-hybridized carbons (Fsp3) is 0.200. The summed E-state index contributed by atoms with van der Waals surface area (Å²) in [5.74, 6) is 1.12. The van der Waals surface area contributed by atoms with Crippen LogP contribution in [0.4, 0.5) is 5.69 Å². The van der Waals surface area contributed by atoms with Gasteiger partial charge in [-0.2, -0.15) is 0 Å². The number of ketones is 1. The van der Waals surface area contributed by atoms with Crippen LogP contribution in [0, 0.1) is 6.92 Å². The maximum atomic E-state index is 12.4. The topological polar surface area (TPSA) is 59.8 Å². The summed E-state index contributed by atoms with van der Waals surface area (Å²) in [5.41, 5.74) is 6.29. The lowest BCUT2D eigenvalue weighted by atomic mass is 10.0. The summed E-state index contributed by atoms with van der Waals surface area (Å²) in [6, 6.07) is 24.2. The van der Waals surface area contributed by atoms with E-state index in [4.69, 9.17) is 12.2 Å². The number of benzene rings is 3. The first-order chi connectivity index (χ1) is 17.4. The monoisotopic (exact) mass is 494 g/mol. The molecule has 0 unspecified atom stereocenters. The number of nitrogens with zero attached hydrogens (tertiary/aromatic N) is 3. The van der Waals surface area contributed by atoms with Gasteiger partial charge in [0.05, 0.1) is 17.1 Å². The Kier molecular flexibility index (Phi) is 8.18. The van der Waals surface area contributed by atoms with E-state index in [2.05, 4.69) is 54.4 Å². The van der Waals surface area contributed by atoms with Gasteiger partial charge in [0.2, 0.25) is 0 Å². The average molecular weight is 495 g/mol. The first-order valence-electron chi connectivity index (χ1n) is 12.0. The van der Waals surface area contributed by atoms with Crippen LogP contribution in [-0.4, -0.2) is 25.5 Å². The molecular formula is C30H30N4OS. The Balaban J connectivity index is 1.30. The van der Waals surface area contributed by atoms with Gasteiger partial charge in [-0.1, -0.05) is 98.4 Å². The van der Waals surface area contributed by atoms with Gasteiger partial charge in [0.15, 0.2) is 5.82 Å². The lowest BCUT2D eigenvalue weighted by molar-refractivity contribution is -0.117. The van der Waals surface area contributed by atoms with Crippen molar-refractivity contribution in [2.45, 2.75) is 39.5 Å². The van der Waals surface area contributed by atoms with Crippen LogP contribution in [0.2, 0.25) is 0 Å². The van der Waals surface area contributed by atoms with Crippen LogP contribution in [0.1, 0.15) is 49.3 Å². The first kappa shape index (κ1) is 25.2. The van der Waals surface area contributed by atoms with Gasteiger partial charge in [0.1, 0.15) is 12.1 Å². The SMILES string of the molecule is Cc1ccc(-n2cnc(-c3ccc(/C=C/CC(=O)CC(=S)Nc4ccccc4C(C)C)cc3)n2)cc1. The number of para-hydroxylation sites is 1. The van der Waals surface area contributed by atoms with Crippen molar-refractivity contribution in [3.8, 4) is 17.1 Å². The van der Waals surface area contributed by atoms with Crippen molar-refractivity contribution in [1.29, 1.82) is 0 Å². The Morgan fingerprint density at radius 3 is 2.47 bits per heavy atom. The fourth-order valence-corrected chi connectivity index (χ4v) is 4.12. The number of anilines is 1. The molecule has 0 atom stereocenters. The van der Waals surface area contributed by atoms with Crippen molar-refractivity contribution in [3.63, 3.8) is 0 Å². The summed E-state index contributed by atoms with van der Waals surface area (Å²) >= 11 is 5.43. The van der Waals surface area contributed by atoms with Gasteiger partial charge in [-0.05, 0) is 42.2 Å². The van der Waals surface area contributed by atoms with Crippen molar-refractivity contribution >= 4 is 34.8 Å². The highest BCUT2D eigenvalue weighted by atomic mass is 32.1. The van der Waals surface area contributed by atoms with Crippen LogP contribution in [0.5, 0.6) is 0 Å². The standard InChI is InChI=1S/C30H30N4OS/c1-21(2)27-9-4-5-10-28(27)32-29(36)19-26(35)8-6-7-23-13-15-24(16-14-23)30-31-20-34(33-30)25-17-11-22(3)12-18-25/h4-7,9-18,20-21H,8,19H2,1-3H3,(H,32,36)/b7-6+. The smallest absolute Gasteiger partial charge is 0.181 e. The van der Waals surface area contributed by atoms with E-state index in [9.17, 15) is 4.79 Å². The number of allylic oxidation sites excluding steroid dienone is 1. The minimum Gasteiger partial charge on any atom is -0.349 e. The largest absolute Gasteiger partial charge is 0.349 e. The van der Waals surface area contributed by atoms with E-state index in [-0.39, 0.29) is 12.2 Å². The fourth-order valence-electron chi connectivity index (χ4n) is 3.85. The normalized spacial score (nSPS) is 11.2. The molecule has 0 radical (unpaired) electrons. The van der Waals surface area contributed by atoms with E-state index in [1.54, 1.807) is 11.0 Å². The van der Waals surface area contributed by atoms with Crippen molar-refractivity contribution in [3.05, 3.63) is 102 Å². The van der Waals surface area contributed by atoms with Crippen LogP contribution in [0.3, 0.4) is 0 Å². The van der Waals surface area contributed by atoms with E-state index in [1.165, 1.54) is 11.1 Å². The van der Waals surface area contributed by atoms with Gasteiger partial charge in [0, 0.05) is 17.7 Å². The summed E-state index contributed by atoms with van der Waals surface area (Å²) in [6.07, 6.45) is 6.11. The van der Waals surface area contributed by atoms with Crippen LogP contribution >= 0.6 is 12.2 Å². The van der Waals surface area contributed by atoms with Crippen LogP contribution in [-0.2, 0) is 4.79 Å². The third kappa shape index (κ3) is 6.61. The molecule has 0 fully saturated rings. The number of nitrogens with one attached hydrogen (secondary N) is 1. The minimum absolute atomic E-state index is 0.0771. The third-order valence-electron chi connectivity index (χ3n) is 5.83. The van der Waals surface area contributed by atoms with Gasteiger partial charge in [0.25, 0.3) is 0 Å². The third-order valence-corrected chi connectivity index (χ3v) is 6.08. The van der Waals surface area contributed by atoms with Gasteiger partial charge < -0.3 is 5.32 Å². The molecule has 1 aromatic heterocycles. The number of aromatic nitrogens is 3. The molecule has 182 valence electrons. The molecule has 36 heavy (non-hydrogen) atoms. The molecule has 0 saturated heterocycles. The molecule has 6 heteroatoms. The molecule has 0 spiro atoms. The number of carbonyl (C=O) groups excluding carboxylic acids is 1. The number of aryl methyl sites for hydroxylation is 1. The molecule has 4 rings (SSSR count). The highest BCUT2D eigenvalue weighted by Gasteiger charge is 2.10. The van der Waals surface area contributed by atoms with E-state index in [1.807, 2.05) is 66.7 Å². The molecule has 0 amide bonds. The van der Waals surface area contributed by atoms with Crippen molar-refractivity contribution < 1.29 is 4.79 Å². The minimum atomic E-state index is 0.0771. The Hall–Kier alpha value is -3.90. The molecule has 1 N–H and O–H groups in total. The van der Waals surface area contributed by atoms with Crippen LogP contribution in [0.15, 0.2) is 85.2 Å². The second-order valence-corrected chi connectivity index (χ2v) is 9.58. The average Bonchev–Trinajstić information content (AvgIpc) is 3.35. The van der Waals surface area contributed by atoms with Crippen molar-refractivity contribution in [2.24, 2.45) is 0 Å². The highest BCUT2D eigenvalue weighted by Crippen LogP contribution is 2.24. The lowest BCUT2D eigenvalue weighted by Gasteiger charge is -2.14. The molecule has 0 aliphatic rings. The number of hydrogen-bond acceptors (Lipinski definition) is 4. The maximum Gasteiger partial charge on any atom is 0.181 e. The molecule has 3 aromatic carbocycles. The van der Waals surface area contributed by atoms with E-state index in [0.717, 1.165) is 22.5 Å². The molecule has 0 bridgehead atoms. The summed E-state index contributed by atoms with van der Waals surface area (Å²) in [5, 5.41) is 7.83. The molecular weight excluding hydrogens is 464 g/mol. The molecule has 4 aromatic rings. The Morgan fingerprint density at radius 2 is 1.75 bits per heavy atom. The van der Waals surface area contributed by atoms with Gasteiger partial charge in [-0.3, -0.25) is 4.79 Å². The van der Waals surface area contributed by atoms with E-state index < -0.39 is 0 Å². The Morgan fingerprint density at radius 1 is 1.03 bits per heavy atom.